The van der Waals surface area contributed by atoms with Crippen molar-refractivity contribution in [1.82, 2.24) is 9.62 Å². The SMILES string of the molecule is Cc1ccc([C@H](CNS(=O)(=O)c2ccc(C)c([N+](=O)[O-])c2)N(C)C)cc1. The van der Waals surface area contributed by atoms with Crippen molar-refractivity contribution >= 4 is 15.7 Å². The molecule has 140 valence electrons. The van der Waals surface area contributed by atoms with E-state index in [0.29, 0.717) is 5.56 Å². The first-order chi connectivity index (χ1) is 12.1. The van der Waals surface area contributed by atoms with Crippen LogP contribution < -0.4 is 4.72 Å². The Morgan fingerprint density at radius 1 is 1.12 bits per heavy atom. The number of nitro groups is 1. The van der Waals surface area contributed by atoms with Crippen molar-refractivity contribution in [3.8, 4) is 0 Å². The van der Waals surface area contributed by atoms with Gasteiger partial charge in [-0.2, -0.15) is 0 Å². The highest BCUT2D eigenvalue weighted by Gasteiger charge is 2.22. The lowest BCUT2D eigenvalue weighted by Gasteiger charge is -2.25. The summed E-state index contributed by atoms with van der Waals surface area (Å²) in [5, 5.41) is 11.1. The molecule has 0 bridgehead atoms. The van der Waals surface area contributed by atoms with E-state index in [-0.39, 0.29) is 23.2 Å². The van der Waals surface area contributed by atoms with Crippen LogP contribution in [0.4, 0.5) is 5.69 Å². The Hall–Kier alpha value is -2.29. The molecule has 8 heteroatoms. The number of nitrogens with zero attached hydrogens (tertiary/aromatic N) is 2. The molecule has 0 amide bonds. The minimum atomic E-state index is -3.86. The number of aryl methyl sites for hydroxylation is 2. The second-order valence-corrected chi connectivity index (χ2v) is 8.21. The Morgan fingerprint density at radius 3 is 2.27 bits per heavy atom. The van der Waals surface area contributed by atoms with Gasteiger partial charge < -0.3 is 4.90 Å². The Bertz CT molecular complexity index is 893. The van der Waals surface area contributed by atoms with Crippen LogP contribution in [0.25, 0.3) is 0 Å². The summed E-state index contributed by atoms with van der Waals surface area (Å²) in [5.41, 5.74) is 2.31. The van der Waals surface area contributed by atoms with E-state index in [1.54, 1.807) is 6.92 Å². The first kappa shape index (κ1) is 20.0. The minimum absolute atomic E-state index is 0.115. The van der Waals surface area contributed by atoms with Gasteiger partial charge in [0.1, 0.15) is 0 Å². The molecule has 0 aliphatic carbocycles. The maximum Gasteiger partial charge on any atom is 0.273 e. The van der Waals surface area contributed by atoms with Crippen LogP contribution in [0.2, 0.25) is 0 Å². The van der Waals surface area contributed by atoms with Gasteiger partial charge in [-0.3, -0.25) is 10.1 Å². The van der Waals surface area contributed by atoms with Crippen LogP contribution >= 0.6 is 0 Å². The van der Waals surface area contributed by atoms with Crippen molar-refractivity contribution in [2.24, 2.45) is 0 Å². The molecular weight excluding hydrogens is 354 g/mol. The number of sulfonamides is 1. The van der Waals surface area contributed by atoms with Gasteiger partial charge in [0.05, 0.1) is 9.82 Å². The molecule has 0 saturated heterocycles. The highest BCUT2D eigenvalue weighted by Crippen LogP contribution is 2.23. The Morgan fingerprint density at radius 2 is 1.73 bits per heavy atom. The van der Waals surface area contributed by atoms with Crippen LogP contribution in [0, 0.1) is 24.0 Å². The van der Waals surface area contributed by atoms with Gasteiger partial charge in [0.25, 0.3) is 5.69 Å². The van der Waals surface area contributed by atoms with Gasteiger partial charge in [-0.15, -0.1) is 0 Å². The molecule has 0 unspecified atom stereocenters. The van der Waals surface area contributed by atoms with Crippen LogP contribution in [0.15, 0.2) is 47.4 Å². The van der Waals surface area contributed by atoms with Crippen molar-refractivity contribution in [2.45, 2.75) is 24.8 Å². The van der Waals surface area contributed by atoms with Crippen molar-refractivity contribution in [1.29, 1.82) is 0 Å². The number of benzene rings is 2. The van der Waals surface area contributed by atoms with Crippen molar-refractivity contribution in [3.05, 3.63) is 69.3 Å². The third-order valence-corrected chi connectivity index (χ3v) is 5.66. The number of nitro benzene ring substituents is 1. The molecule has 1 atom stereocenters. The average Bonchev–Trinajstić information content (AvgIpc) is 2.56. The number of likely N-dealkylation sites (N-methyl/N-ethyl adjacent to an activating group) is 1. The van der Waals surface area contributed by atoms with Crippen LogP contribution in [0.1, 0.15) is 22.7 Å². The standard InChI is InChI=1S/C18H23N3O4S/c1-13-5-8-15(9-6-13)18(20(3)4)12-19-26(24,25)16-10-7-14(2)17(11-16)21(22)23/h5-11,18-19H,12H2,1-4H3/t18-/m0/s1. The Labute approximate surface area is 153 Å². The monoisotopic (exact) mass is 377 g/mol. The zero-order chi connectivity index (χ0) is 19.5. The number of nitrogens with one attached hydrogen (secondary N) is 1. The molecule has 2 aromatic carbocycles. The summed E-state index contributed by atoms with van der Waals surface area (Å²) in [6.07, 6.45) is 0. The first-order valence-electron chi connectivity index (χ1n) is 8.09. The molecule has 0 fully saturated rings. The Kier molecular flexibility index (Phi) is 6.12. The fourth-order valence-corrected chi connectivity index (χ4v) is 3.67. The molecule has 26 heavy (non-hydrogen) atoms. The summed E-state index contributed by atoms with van der Waals surface area (Å²) in [6, 6.07) is 11.6. The van der Waals surface area contributed by atoms with Gasteiger partial charge >= 0.3 is 0 Å². The van der Waals surface area contributed by atoms with Gasteiger partial charge in [0.15, 0.2) is 0 Å². The molecular formula is C18H23N3O4S. The number of hydrogen-bond acceptors (Lipinski definition) is 5. The van der Waals surface area contributed by atoms with Gasteiger partial charge in [-0.25, -0.2) is 13.1 Å². The van der Waals surface area contributed by atoms with E-state index >= 15 is 0 Å². The van der Waals surface area contributed by atoms with Gasteiger partial charge in [-0.1, -0.05) is 35.9 Å². The largest absolute Gasteiger partial charge is 0.301 e. The van der Waals surface area contributed by atoms with E-state index in [0.717, 1.165) is 17.2 Å². The number of rotatable bonds is 7. The van der Waals surface area contributed by atoms with Crippen molar-refractivity contribution in [3.63, 3.8) is 0 Å². The summed E-state index contributed by atoms with van der Waals surface area (Å²) in [5.74, 6) is 0. The van der Waals surface area contributed by atoms with Crippen molar-refractivity contribution < 1.29 is 13.3 Å². The quantitative estimate of drug-likeness (QED) is 0.592. The lowest BCUT2D eigenvalue weighted by molar-refractivity contribution is -0.385. The van der Waals surface area contributed by atoms with Crippen LogP contribution in [-0.2, 0) is 10.0 Å². The fourth-order valence-electron chi connectivity index (χ4n) is 2.61. The molecule has 0 spiro atoms. The third-order valence-electron chi connectivity index (χ3n) is 4.24. The molecule has 0 aromatic heterocycles. The lowest BCUT2D eigenvalue weighted by Crippen LogP contribution is -2.34. The smallest absolute Gasteiger partial charge is 0.273 e. The predicted molar refractivity (Wildman–Crippen MR) is 101 cm³/mol. The summed E-state index contributed by atoms with van der Waals surface area (Å²) < 4.78 is 27.7. The van der Waals surface area contributed by atoms with Gasteiger partial charge in [0.2, 0.25) is 10.0 Å². The van der Waals surface area contributed by atoms with E-state index in [1.165, 1.54) is 12.1 Å². The maximum atomic E-state index is 12.6. The molecule has 0 heterocycles. The van der Waals surface area contributed by atoms with Crippen molar-refractivity contribution in [2.75, 3.05) is 20.6 Å². The third kappa shape index (κ3) is 4.66. The second kappa shape index (κ2) is 7.94. The summed E-state index contributed by atoms with van der Waals surface area (Å²) in [4.78, 5) is 12.3. The molecule has 1 N–H and O–H groups in total. The molecule has 0 saturated carbocycles. The molecule has 7 nitrogen and oxygen atoms in total. The van der Waals surface area contributed by atoms with Gasteiger partial charge in [0, 0.05) is 24.2 Å². The van der Waals surface area contributed by atoms with E-state index < -0.39 is 14.9 Å². The molecule has 2 rings (SSSR count). The van der Waals surface area contributed by atoms with Crippen LogP contribution in [0.3, 0.4) is 0 Å². The first-order valence-corrected chi connectivity index (χ1v) is 9.58. The van der Waals surface area contributed by atoms with Crippen LogP contribution in [-0.4, -0.2) is 38.9 Å². The maximum absolute atomic E-state index is 12.6. The molecule has 0 aliphatic heterocycles. The highest BCUT2D eigenvalue weighted by molar-refractivity contribution is 7.89. The van der Waals surface area contributed by atoms with E-state index in [9.17, 15) is 18.5 Å². The minimum Gasteiger partial charge on any atom is -0.301 e. The average molecular weight is 377 g/mol. The number of hydrogen-bond donors (Lipinski definition) is 1. The zero-order valence-corrected chi connectivity index (χ0v) is 16.1. The lowest BCUT2D eigenvalue weighted by atomic mass is 10.0. The fraction of sp³-hybridized carbons (Fsp3) is 0.333. The summed E-state index contributed by atoms with van der Waals surface area (Å²) in [6.45, 7) is 3.71. The van der Waals surface area contributed by atoms with E-state index in [2.05, 4.69) is 4.72 Å². The highest BCUT2D eigenvalue weighted by atomic mass is 32.2. The predicted octanol–water partition coefficient (Wildman–Crippen LogP) is 2.79. The molecule has 2 aromatic rings. The van der Waals surface area contributed by atoms with Crippen LogP contribution in [0.5, 0.6) is 0 Å². The van der Waals surface area contributed by atoms with Gasteiger partial charge in [-0.05, 0) is 39.6 Å². The second-order valence-electron chi connectivity index (χ2n) is 6.45. The molecule has 0 aliphatic rings. The zero-order valence-electron chi connectivity index (χ0n) is 15.3. The van der Waals surface area contributed by atoms with E-state index in [4.69, 9.17) is 0 Å². The molecule has 0 radical (unpaired) electrons. The summed E-state index contributed by atoms with van der Waals surface area (Å²) >= 11 is 0. The summed E-state index contributed by atoms with van der Waals surface area (Å²) in [7, 11) is -0.118. The Balaban J connectivity index is 2.24. The normalized spacial score (nSPS) is 13.0. The topological polar surface area (TPSA) is 92.5 Å². The van der Waals surface area contributed by atoms with E-state index in [1.807, 2.05) is 50.2 Å².